The minimum Gasteiger partial charge on any atom is -0.468 e. The van der Waals surface area contributed by atoms with Crippen LogP contribution in [0.1, 0.15) is 37.1 Å². The molecule has 1 aliphatic rings. The van der Waals surface area contributed by atoms with Crippen molar-refractivity contribution in [2.75, 3.05) is 19.6 Å². The predicted molar refractivity (Wildman–Crippen MR) is 86.7 cm³/mol. The Labute approximate surface area is 132 Å². The number of nitrogens with one attached hydrogen (secondary N) is 1. The molecule has 0 radical (unpaired) electrons. The van der Waals surface area contributed by atoms with Gasteiger partial charge in [-0.05, 0) is 44.4 Å². The summed E-state index contributed by atoms with van der Waals surface area (Å²) in [5.74, 6) is 1.06. The maximum Gasteiger partial charge on any atom is 0.117 e. The number of hydrogen-bond donors (Lipinski definition) is 1. The lowest BCUT2D eigenvalue weighted by atomic mass is 10.0. The molecule has 0 saturated carbocycles. The SMILES string of the molecule is Cc1cnn([C@@H](C)CNC2CCN(Cc3ccco3)CC2)c1. The summed E-state index contributed by atoms with van der Waals surface area (Å²) >= 11 is 0. The summed E-state index contributed by atoms with van der Waals surface area (Å²) in [5.41, 5.74) is 1.22. The van der Waals surface area contributed by atoms with E-state index in [4.69, 9.17) is 4.42 Å². The summed E-state index contributed by atoms with van der Waals surface area (Å²) in [6.45, 7) is 8.47. The monoisotopic (exact) mass is 302 g/mol. The highest BCUT2D eigenvalue weighted by atomic mass is 16.3. The summed E-state index contributed by atoms with van der Waals surface area (Å²) in [6, 6.07) is 5.03. The zero-order chi connectivity index (χ0) is 15.4. The molecule has 2 aromatic heterocycles. The van der Waals surface area contributed by atoms with Crippen LogP contribution in [0.3, 0.4) is 0 Å². The van der Waals surface area contributed by atoms with Gasteiger partial charge in [0.15, 0.2) is 0 Å². The number of hydrogen-bond acceptors (Lipinski definition) is 4. The summed E-state index contributed by atoms with van der Waals surface area (Å²) < 4.78 is 7.48. The first-order valence-corrected chi connectivity index (χ1v) is 8.19. The Morgan fingerprint density at radius 1 is 1.41 bits per heavy atom. The summed E-state index contributed by atoms with van der Waals surface area (Å²) in [4.78, 5) is 2.47. The van der Waals surface area contributed by atoms with Crippen LogP contribution in [0.15, 0.2) is 35.2 Å². The average molecular weight is 302 g/mol. The van der Waals surface area contributed by atoms with Crippen molar-refractivity contribution in [2.24, 2.45) is 0 Å². The lowest BCUT2D eigenvalue weighted by Crippen LogP contribution is -2.43. The molecule has 5 heteroatoms. The van der Waals surface area contributed by atoms with Crippen LogP contribution in [-0.2, 0) is 6.54 Å². The van der Waals surface area contributed by atoms with Gasteiger partial charge < -0.3 is 9.73 Å². The molecular formula is C17H26N4O. The van der Waals surface area contributed by atoms with E-state index in [0.717, 1.165) is 31.9 Å². The van der Waals surface area contributed by atoms with E-state index < -0.39 is 0 Å². The standard InChI is InChI=1S/C17H26N4O/c1-14-10-19-21(12-14)15(2)11-18-16-5-7-20(8-6-16)13-17-4-3-9-22-17/h3-4,9-10,12,15-16,18H,5-8,11,13H2,1-2H3/t15-/m0/s1. The number of likely N-dealkylation sites (tertiary alicyclic amines) is 1. The van der Waals surface area contributed by atoms with Gasteiger partial charge in [-0.2, -0.15) is 5.10 Å². The maximum atomic E-state index is 5.43. The van der Waals surface area contributed by atoms with E-state index in [1.54, 1.807) is 6.26 Å². The third-order valence-electron chi connectivity index (χ3n) is 4.43. The molecule has 0 aromatic carbocycles. The molecule has 0 bridgehead atoms. The van der Waals surface area contributed by atoms with Gasteiger partial charge in [-0.15, -0.1) is 0 Å². The second-order valence-electron chi connectivity index (χ2n) is 6.38. The first-order valence-electron chi connectivity index (χ1n) is 8.19. The molecule has 3 rings (SSSR count). The van der Waals surface area contributed by atoms with Gasteiger partial charge in [0.25, 0.3) is 0 Å². The highest BCUT2D eigenvalue weighted by Crippen LogP contribution is 2.15. The highest BCUT2D eigenvalue weighted by molar-refractivity contribution is 5.00. The van der Waals surface area contributed by atoms with E-state index in [0.29, 0.717) is 12.1 Å². The topological polar surface area (TPSA) is 46.2 Å². The number of rotatable bonds is 6. The molecule has 3 heterocycles. The van der Waals surface area contributed by atoms with Crippen molar-refractivity contribution in [3.8, 4) is 0 Å². The van der Waals surface area contributed by atoms with Crippen LogP contribution in [0.5, 0.6) is 0 Å². The third kappa shape index (κ3) is 3.99. The molecule has 2 aromatic rings. The van der Waals surface area contributed by atoms with Gasteiger partial charge in [-0.1, -0.05) is 0 Å². The molecular weight excluding hydrogens is 276 g/mol. The minimum absolute atomic E-state index is 0.398. The van der Waals surface area contributed by atoms with Crippen LogP contribution in [0.2, 0.25) is 0 Å². The van der Waals surface area contributed by atoms with Crippen LogP contribution in [0.4, 0.5) is 0 Å². The van der Waals surface area contributed by atoms with Gasteiger partial charge in [0.05, 0.1) is 25.0 Å². The molecule has 1 atom stereocenters. The van der Waals surface area contributed by atoms with Gasteiger partial charge in [0.1, 0.15) is 5.76 Å². The fourth-order valence-electron chi connectivity index (χ4n) is 3.02. The van der Waals surface area contributed by atoms with E-state index >= 15 is 0 Å². The molecule has 1 aliphatic heterocycles. The number of furan rings is 1. The molecule has 0 amide bonds. The second kappa shape index (κ2) is 7.11. The number of piperidine rings is 1. The Morgan fingerprint density at radius 2 is 2.23 bits per heavy atom. The lowest BCUT2D eigenvalue weighted by Gasteiger charge is -2.32. The van der Waals surface area contributed by atoms with E-state index in [1.807, 2.05) is 16.9 Å². The average Bonchev–Trinajstić information content (AvgIpc) is 3.18. The van der Waals surface area contributed by atoms with E-state index in [2.05, 4.69) is 41.4 Å². The van der Waals surface area contributed by atoms with Gasteiger partial charge in [0, 0.05) is 31.9 Å². The molecule has 0 aliphatic carbocycles. The summed E-state index contributed by atoms with van der Waals surface area (Å²) in [6.07, 6.45) is 8.18. The number of aromatic nitrogens is 2. The molecule has 1 N–H and O–H groups in total. The lowest BCUT2D eigenvalue weighted by molar-refractivity contribution is 0.176. The van der Waals surface area contributed by atoms with Crippen molar-refractivity contribution in [1.82, 2.24) is 20.0 Å². The summed E-state index contributed by atoms with van der Waals surface area (Å²) in [5, 5.41) is 8.09. The first-order chi connectivity index (χ1) is 10.7. The second-order valence-corrected chi connectivity index (χ2v) is 6.38. The Kier molecular flexibility index (Phi) is 4.95. The van der Waals surface area contributed by atoms with Crippen molar-refractivity contribution < 1.29 is 4.42 Å². The number of nitrogens with zero attached hydrogens (tertiary/aromatic N) is 3. The predicted octanol–water partition coefficient (Wildman–Crippen LogP) is 2.60. The third-order valence-corrected chi connectivity index (χ3v) is 4.43. The van der Waals surface area contributed by atoms with Crippen LogP contribution < -0.4 is 5.32 Å². The zero-order valence-corrected chi connectivity index (χ0v) is 13.5. The molecule has 1 fully saturated rings. The molecule has 22 heavy (non-hydrogen) atoms. The summed E-state index contributed by atoms with van der Waals surface area (Å²) in [7, 11) is 0. The minimum atomic E-state index is 0.398. The quantitative estimate of drug-likeness (QED) is 0.891. The van der Waals surface area contributed by atoms with Crippen LogP contribution >= 0.6 is 0 Å². The number of aryl methyl sites for hydroxylation is 1. The Hall–Kier alpha value is -1.59. The largest absolute Gasteiger partial charge is 0.468 e. The Bertz CT molecular complexity index is 555. The molecule has 0 unspecified atom stereocenters. The molecule has 120 valence electrons. The molecule has 5 nitrogen and oxygen atoms in total. The normalized spacial score (nSPS) is 18.6. The zero-order valence-electron chi connectivity index (χ0n) is 13.5. The van der Waals surface area contributed by atoms with Crippen molar-refractivity contribution >= 4 is 0 Å². The maximum absolute atomic E-state index is 5.43. The van der Waals surface area contributed by atoms with Crippen molar-refractivity contribution in [3.63, 3.8) is 0 Å². The Balaban J connectivity index is 1.38. The Morgan fingerprint density at radius 3 is 2.86 bits per heavy atom. The van der Waals surface area contributed by atoms with Crippen molar-refractivity contribution in [1.29, 1.82) is 0 Å². The van der Waals surface area contributed by atoms with Crippen molar-refractivity contribution in [2.45, 2.75) is 45.3 Å². The molecule has 0 spiro atoms. The fraction of sp³-hybridized carbons (Fsp3) is 0.588. The van der Waals surface area contributed by atoms with E-state index in [-0.39, 0.29) is 0 Å². The van der Waals surface area contributed by atoms with Crippen LogP contribution in [0.25, 0.3) is 0 Å². The van der Waals surface area contributed by atoms with Gasteiger partial charge >= 0.3 is 0 Å². The first kappa shape index (κ1) is 15.3. The fourth-order valence-corrected chi connectivity index (χ4v) is 3.02. The van der Waals surface area contributed by atoms with E-state index in [1.165, 1.54) is 18.4 Å². The van der Waals surface area contributed by atoms with Gasteiger partial charge in [0.2, 0.25) is 0 Å². The molecule has 1 saturated heterocycles. The van der Waals surface area contributed by atoms with Crippen molar-refractivity contribution in [3.05, 3.63) is 42.1 Å². The van der Waals surface area contributed by atoms with Gasteiger partial charge in [-0.25, -0.2) is 0 Å². The van der Waals surface area contributed by atoms with Crippen LogP contribution in [-0.4, -0.2) is 40.4 Å². The van der Waals surface area contributed by atoms with E-state index in [9.17, 15) is 0 Å². The smallest absolute Gasteiger partial charge is 0.117 e. The van der Waals surface area contributed by atoms with Crippen LogP contribution in [0, 0.1) is 6.92 Å². The highest BCUT2D eigenvalue weighted by Gasteiger charge is 2.20. The van der Waals surface area contributed by atoms with Gasteiger partial charge in [-0.3, -0.25) is 9.58 Å².